The highest BCUT2D eigenvalue weighted by Crippen LogP contribution is 2.38. The largest absolute Gasteiger partial charge is 0.465 e. The first kappa shape index (κ1) is 11.3. The first-order valence-corrected chi connectivity index (χ1v) is 5.21. The Labute approximate surface area is 86.3 Å². The maximum absolute atomic E-state index is 10.7. The van der Waals surface area contributed by atoms with E-state index in [1.54, 1.807) is 0 Å². The van der Waals surface area contributed by atoms with Gasteiger partial charge in [-0.1, -0.05) is 18.1 Å². The van der Waals surface area contributed by atoms with E-state index in [4.69, 9.17) is 4.74 Å². The van der Waals surface area contributed by atoms with Crippen molar-refractivity contribution in [3.05, 3.63) is 11.1 Å². The van der Waals surface area contributed by atoms with Gasteiger partial charge in [0.15, 0.2) is 0 Å². The van der Waals surface area contributed by atoms with E-state index in [9.17, 15) is 4.79 Å². The van der Waals surface area contributed by atoms with Crippen LogP contribution < -0.4 is 0 Å². The molecular formula is C12H20O2. The van der Waals surface area contributed by atoms with Crippen molar-refractivity contribution in [3.8, 4) is 0 Å². The molecule has 0 aromatic carbocycles. The molecule has 0 saturated heterocycles. The molecule has 0 amide bonds. The molecule has 1 unspecified atom stereocenters. The van der Waals surface area contributed by atoms with Crippen molar-refractivity contribution in [1.29, 1.82) is 0 Å². The zero-order valence-electron chi connectivity index (χ0n) is 9.64. The van der Waals surface area contributed by atoms with Crippen LogP contribution in [0.25, 0.3) is 0 Å². The average molecular weight is 196 g/mol. The molecule has 0 aromatic rings. The number of rotatable bonds is 2. The van der Waals surface area contributed by atoms with Crippen molar-refractivity contribution in [1.82, 2.24) is 0 Å². The number of allylic oxidation sites excluding steroid dienone is 2. The molecule has 1 atom stereocenters. The van der Waals surface area contributed by atoms with Crippen LogP contribution in [0.1, 0.15) is 47.0 Å². The Kier molecular flexibility index (Phi) is 3.35. The van der Waals surface area contributed by atoms with Gasteiger partial charge < -0.3 is 4.74 Å². The Hall–Kier alpha value is -0.790. The van der Waals surface area contributed by atoms with Crippen molar-refractivity contribution < 1.29 is 9.53 Å². The molecule has 14 heavy (non-hydrogen) atoms. The molecule has 80 valence electrons. The molecule has 2 nitrogen and oxygen atoms in total. The molecule has 0 spiro atoms. The number of hydrogen-bond donors (Lipinski definition) is 0. The van der Waals surface area contributed by atoms with Crippen molar-refractivity contribution in [2.24, 2.45) is 5.41 Å². The number of esters is 1. The molecule has 0 aromatic heterocycles. The zero-order chi connectivity index (χ0) is 10.8. The Morgan fingerprint density at radius 2 is 2.07 bits per heavy atom. The van der Waals surface area contributed by atoms with Gasteiger partial charge >= 0.3 is 5.97 Å². The summed E-state index contributed by atoms with van der Waals surface area (Å²) in [5, 5.41) is 0. The summed E-state index contributed by atoms with van der Waals surface area (Å²) in [4.78, 5) is 10.7. The summed E-state index contributed by atoms with van der Waals surface area (Å²) in [6, 6.07) is 0. The van der Waals surface area contributed by atoms with Crippen LogP contribution in [0, 0.1) is 5.41 Å². The van der Waals surface area contributed by atoms with Gasteiger partial charge in [0.1, 0.15) is 0 Å². The maximum atomic E-state index is 10.7. The minimum Gasteiger partial charge on any atom is -0.465 e. The monoisotopic (exact) mass is 196 g/mol. The average Bonchev–Trinajstić information content (AvgIpc) is 2.09. The van der Waals surface area contributed by atoms with E-state index in [0.29, 0.717) is 6.61 Å². The number of carbonyl (C=O) groups is 1. The lowest BCUT2D eigenvalue weighted by Gasteiger charge is -2.34. The molecule has 0 N–H and O–H groups in total. The second-order valence-electron chi connectivity index (χ2n) is 4.83. The summed E-state index contributed by atoms with van der Waals surface area (Å²) in [7, 11) is 0. The molecule has 0 radical (unpaired) electrons. The second-order valence-corrected chi connectivity index (χ2v) is 4.83. The minimum atomic E-state index is -0.171. The van der Waals surface area contributed by atoms with Crippen LogP contribution in [0.2, 0.25) is 0 Å². The molecule has 0 fully saturated rings. The lowest BCUT2D eigenvalue weighted by Crippen LogP contribution is -2.27. The maximum Gasteiger partial charge on any atom is 0.302 e. The molecular weight excluding hydrogens is 176 g/mol. The van der Waals surface area contributed by atoms with E-state index >= 15 is 0 Å². The normalized spacial score (nSPS) is 27.7. The van der Waals surface area contributed by atoms with Gasteiger partial charge in [-0.3, -0.25) is 4.79 Å². The Balaban J connectivity index is 2.56. The summed E-state index contributed by atoms with van der Waals surface area (Å²) < 4.78 is 5.11. The summed E-state index contributed by atoms with van der Waals surface area (Å²) >= 11 is 0. The van der Waals surface area contributed by atoms with Crippen molar-refractivity contribution in [2.45, 2.75) is 47.0 Å². The van der Waals surface area contributed by atoms with Gasteiger partial charge in [-0.05, 0) is 33.1 Å². The molecule has 0 heterocycles. The molecule has 2 heteroatoms. The summed E-state index contributed by atoms with van der Waals surface area (Å²) in [6.45, 7) is 8.61. The van der Waals surface area contributed by atoms with E-state index in [-0.39, 0.29) is 11.4 Å². The summed E-state index contributed by atoms with van der Waals surface area (Å²) in [5.41, 5.74) is 3.13. The third kappa shape index (κ3) is 2.86. The fourth-order valence-electron chi connectivity index (χ4n) is 1.98. The second kappa shape index (κ2) is 4.16. The zero-order valence-corrected chi connectivity index (χ0v) is 9.64. The van der Waals surface area contributed by atoms with Crippen molar-refractivity contribution >= 4 is 5.97 Å². The van der Waals surface area contributed by atoms with Gasteiger partial charge in [-0.25, -0.2) is 0 Å². The van der Waals surface area contributed by atoms with Crippen LogP contribution in [-0.4, -0.2) is 12.6 Å². The van der Waals surface area contributed by atoms with E-state index in [1.165, 1.54) is 18.1 Å². The number of ether oxygens (including phenoxy) is 1. The first-order valence-electron chi connectivity index (χ1n) is 5.21. The Morgan fingerprint density at radius 1 is 1.43 bits per heavy atom. The Bertz CT molecular complexity index is 265. The van der Waals surface area contributed by atoms with Crippen LogP contribution in [0.5, 0.6) is 0 Å². The Morgan fingerprint density at radius 3 is 2.57 bits per heavy atom. The number of hydrogen-bond acceptors (Lipinski definition) is 2. The SMILES string of the molecule is CC(=O)OCC1(C)CCC(C)=C(C)C1. The quantitative estimate of drug-likeness (QED) is 0.501. The lowest BCUT2D eigenvalue weighted by molar-refractivity contribution is -0.144. The van der Waals surface area contributed by atoms with Gasteiger partial charge in [0.25, 0.3) is 0 Å². The van der Waals surface area contributed by atoms with Crippen LogP contribution >= 0.6 is 0 Å². The number of carbonyl (C=O) groups excluding carboxylic acids is 1. The highest BCUT2D eigenvalue weighted by Gasteiger charge is 2.29. The minimum absolute atomic E-state index is 0.162. The fourth-order valence-corrected chi connectivity index (χ4v) is 1.98. The van der Waals surface area contributed by atoms with Gasteiger partial charge in [0.2, 0.25) is 0 Å². The van der Waals surface area contributed by atoms with E-state index in [0.717, 1.165) is 19.3 Å². The molecule has 0 saturated carbocycles. The molecule has 1 aliphatic rings. The van der Waals surface area contributed by atoms with Crippen molar-refractivity contribution in [2.75, 3.05) is 6.61 Å². The van der Waals surface area contributed by atoms with Crippen LogP contribution in [0.3, 0.4) is 0 Å². The topological polar surface area (TPSA) is 26.3 Å². The molecule has 0 bridgehead atoms. The predicted molar refractivity (Wildman–Crippen MR) is 57.0 cm³/mol. The van der Waals surface area contributed by atoms with E-state index < -0.39 is 0 Å². The van der Waals surface area contributed by atoms with Gasteiger partial charge in [0, 0.05) is 12.3 Å². The van der Waals surface area contributed by atoms with Crippen LogP contribution in [-0.2, 0) is 9.53 Å². The van der Waals surface area contributed by atoms with Gasteiger partial charge in [0.05, 0.1) is 6.61 Å². The van der Waals surface area contributed by atoms with E-state index in [1.807, 2.05) is 0 Å². The highest BCUT2D eigenvalue weighted by atomic mass is 16.5. The molecule has 0 aliphatic heterocycles. The smallest absolute Gasteiger partial charge is 0.302 e. The lowest BCUT2D eigenvalue weighted by atomic mass is 9.74. The molecule has 1 rings (SSSR count). The predicted octanol–water partition coefficient (Wildman–Crippen LogP) is 3.08. The highest BCUT2D eigenvalue weighted by molar-refractivity contribution is 5.65. The standard InChI is InChI=1S/C12H20O2/c1-9-5-6-12(4,7-10(9)2)8-14-11(3)13/h5-8H2,1-4H3. The van der Waals surface area contributed by atoms with E-state index in [2.05, 4.69) is 20.8 Å². The van der Waals surface area contributed by atoms with Gasteiger partial charge in [-0.15, -0.1) is 0 Å². The third-order valence-electron chi connectivity index (χ3n) is 3.15. The summed E-state index contributed by atoms with van der Waals surface area (Å²) in [5.74, 6) is -0.171. The summed E-state index contributed by atoms with van der Waals surface area (Å²) in [6.07, 6.45) is 3.33. The van der Waals surface area contributed by atoms with Crippen LogP contribution in [0.4, 0.5) is 0 Å². The molecule has 1 aliphatic carbocycles. The fraction of sp³-hybridized carbons (Fsp3) is 0.750. The van der Waals surface area contributed by atoms with Crippen LogP contribution in [0.15, 0.2) is 11.1 Å². The first-order chi connectivity index (χ1) is 6.43. The van der Waals surface area contributed by atoms with Crippen molar-refractivity contribution in [3.63, 3.8) is 0 Å². The van der Waals surface area contributed by atoms with Gasteiger partial charge in [-0.2, -0.15) is 0 Å². The third-order valence-corrected chi connectivity index (χ3v) is 3.15.